The van der Waals surface area contributed by atoms with Crippen LogP contribution in [0.15, 0.2) is 35.9 Å². The number of halogens is 7. The van der Waals surface area contributed by atoms with E-state index in [2.05, 4.69) is 0 Å². The van der Waals surface area contributed by atoms with Gasteiger partial charge in [-0.3, -0.25) is 4.90 Å². The van der Waals surface area contributed by atoms with Crippen molar-refractivity contribution >= 4 is 17.8 Å². The van der Waals surface area contributed by atoms with Crippen LogP contribution in [-0.2, 0) is 21.8 Å². The predicted octanol–water partition coefficient (Wildman–Crippen LogP) is 8.97. The number of nitrogens with zero attached hydrogens (tertiary/aromatic N) is 2. The summed E-state index contributed by atoms with van der Waals surface area (Å²) in [5.74, 6) is -0.467. The number of amides is 2. The molecular weight excluding hydrogens is 637 g/mol. The van der Waals surface area contributed by atoms with Gasteiger partial charge in [0.25, 0.3) is 0 Å². The Morgan fingerprint density at radius 2 is 1.60 bits per heavy atom. The van der Waals surface area contributed by atoms with Crippen molar-refractivity contribution in [2.24, 2.45) is 0 Å². The Balaban J connectivity index is 1.78. The van der Waals surface area contributed by atoms with Gasteiger partial charge in [-0.15, -0.1) is 0 Å². The van der Waals surface area contributed by atoms with Gasteiger partial charge in [0.2, 0.25) is 0 Å². The topological polar surface area (TPSA) is 68.3 Å². The van der Waals surface area contributed by atoms with Gasteiger partial charge in [-0.2, -0.15) is 26.3 Å². The molecule has 2 aliphatic rings. The monoisotopic (exact) mass is 674 g/mol. The maximum atomic E-state index is 14.9. The van der Waals surface area contributed by atoms with E-state index >= 15 is 0 Å². The lowest BCUT2D eigenvalue weighted by Crippen LogP contribution is -2.43. The third-order valence-corrected chi connectivity index (χ3v) is 8.05. The van der Waals surface area contributed by atoms with Crippen LogP contribution in [-0.4, -0.2) is 60.4 Å². The number of rotatable bonds is 6. The smallest absolute Gasteiger partial charge is 0.416 e. The standard InChI is InChI=1S/C33H37F7N2O5/c1-17(2)24-13-25(27(45-7)14-26(24)34)23-8-9-41(29(43)47-31(4,5)6)15-20(23)16-42-18(3)28(46-30(42)44)19-10-21(32(35,36)37)12-22(11-19)33(38,39)40/h10-14,17-18,28H,8-9,15-16H2,1-7H3/t18-,28-/m0/s1. The van der Waals surface area contributed by atoms with Crippen LogP contribution in [0.4, 0.5) is 40.3 Å². The summed E-state index contributed by atoms with van der Waals surface area (Å²) in [7, 11) is 1.37. The summed E-state index contributed by atoms with van der Waals surface area (Å²) < 4.78 is 113. The van der Waals surface area contributed by atoms with Gasteiger partial charge in [0.05, 0.1) is 24.3 Å². The fourth-order valence-corrected chi connectivity index (χ4v) is 5.71. The zero-order valence-corrected chi connectivity index (χ0v) is 27.0. The number of cyclic esters (lactones) is 1. The highest BCUT2D eigenvalue weighted by Gasteiger charge is 2.44. The molecule has 0 aliphatic carbocycles. The highest BCUT2D eigenvalue weighted by molar-refractivity contribution is 5.79. The summed E-state index contributed by atoms with van der Waals surface area (Å²) >= 11 is 0. The molecule has 2 atom stereocenters. The molecule has 47 heavy (non-hydrogen) atoms. The van der Waals surface area contributed by atoms with Crippen LogP contribution in [0.3, 0.4) is 0 Å². The van der Waals surface area contributed by atoms with Crippen molar-refractivity contribution in [1.29, 1.82) is 0 Å². The highest BCUT2D eigenvalue weighted by Crippen LogP contribution is 2.42. The molecule has 0 N–H and O–H groups in total. The summed E-state index contributed by atoms with van der Waals surface area (Å²) in [6.45, 7) is 10.2. The van der Waals surface area contributed by atoms with Gasteiger partial charge in [0.1, 0.15) is 23.3 Å². The molecule has 1 saturated heterocycles. The third kappa shape index (κ3) is 7.95. The second kappa shape index (κ2) is 12.9. The lowest BCUT2D eigenvalue weighted by molar-refractivity contribution is -0.143. The van der Waals surface area contributed by atoms with Crippen LogP contribution >= 0.6 is 0 Å². The van der Waals surface area contributed by atoms with Crippen molar-refractivity contribution in [2.75, 3.05) is 26.7 Å². The molecule has 0 aromatic heterocycles. The predicted molar refractivity (Wildman–Crippen MR) is 158 cm³/mol. The molecule has 1 fully saturated rings. The Morgan fingerprint density at radius 3 is 2.11 bits per heavy atom. The first-order valence-electron chi connectivity index (χ1n) is 14.9. The van der Waals surface area contributed by atoms with Crippen LogP contribution in [0.5, 0.6) is 5.75 Å². The van der Waals surface area contributed by atoms with Crippen molar-refractivity contribution in [3.8, 4) is 5.75 Å². The quantitative estimate of drug-likeness (QED) is 0.286. The average Bonchev–Trinajstić information content (AvgIpc) is 3.23. The van der Waals surface area contributed by atoms with E-state index in [4.69, 9.17) is 14.2 Å². The van der Waals surface area contributed by atoms with Crippen LogP contribution in [0.2, 0.25) is 0 Å². The Labute approximate surface area is 268 Å². The van der Waals surface area contributed by atoms with E-state index in [0.717, 1.165) is 0 Å². The first-order chi connectivity index (χ1) is 21.6. The highest BCUT2D eigenvalue weighted by atomic mass is 19.4. The van der Waals surface area contributed by atoms with Gasteiger partial charge in [0.15, 0.2) is 0 Å². The van der Waals surface area contributed by atoms with E-state index in [9.17, 15) is 40.3 Å². The Kier molecular flexibility index (Phi) is 9.86. The van der Waals surface area contributed by atoms with E-state index in [1.54, 1.807) is 26.8 Å². The number of hydrogen-bond donors (Lipinski definition) is 0. The Hall–Kier alpha value is -3.97. The maximum Gasteiger partial charge on any atom is 0.416 e. The Morgan fingerprint density at radius 1 is 1.00 bits per heavy atom. The zero-order chi connectivity index (χ0) is 35.2. The van der Waals surface area contributed by atoms with Crippen molar-refractivity contribution < 1.29 is 54.5 Å². The van der Waals surface area contributed by atoms with Crippen molar-refractivity contribution in [3.05, 3.63) is 69.5 Å². The maximum absolute atomic E-state index is 14.9. The average molecular weight is 675 g/mol. The molecule has 14 heteroatoms. The second-order valence-electron chi connectivity index (χ2n) is 13.0. The number of hydrogen-bond acceptors (Lipinski definition) is 5. The van der Waals surface area contributed by atoms with E-state index in [-0.39, 0.29) is 43.8 Å². The molecule has 2 amide bonds. The van der Waals surface area contributed by atoms with Crippen molar-refractivity contribution in [2.45, 2.75) is 84.0 Å². The number of carbonyl (C=O) groups is 2. The molecule has 2 aromatic rings. The summed E-state index contributed by atoms with van der Waals surface area (Å²) in [6.07, 6.45) is -13.0. The second-order valence-corrected chi connectivity index (χ2v) is 13.0. The molecule has 2 aromatic carbocycles. The largest absolute Gasteiger partial charge is 0.496 e. The molecule has 4 rings (SSSR count). The normalized spacial score (nSPS) is 19.4. The zero-order valence-electron chi connectivity index (χ0n) is 27.0. The fourth-order valence-electron chi connectivity index (χ4n) is 5.71. The van der Waals surface area contributed by atoms with Gasteiger partial charge < -0.3 is 19.1 Å². The number of carbonyl (C=O) groups excluding carboxylic acids is 2. The summed E-state index contributed by atoms with van der Waals surface area (Å²) in [6, 6.07) is 2.98. The molecule has 2 heterocycles. The molecule has 7 nitrogen and oxygen atoms in total. The third-order valence-electron chi connectivity index (χ3n) is 8.05. The first-order valence-corrected chi connectivity index (χ1v) is 14.9. The number of ether oxygens (including phenoxy) is 3. The summed E-state index contributed by atoms with van der Waals surface area (Å²) in [5.41, 5.74) is -2.25. The van der Waals surface area contributed by atoms with Crippen molar-refractivity contribution in [3.63, 3.8) is 0 Å². The number of alkyl halides is 6. The molecule has 0 unspecified atom stereocenters. The molecular formula is C33H37F7N2O5. The van der Waals surface area contributed by atoms with Crippen LogP contribution in [0.25, 0.3) is 5.57 Å². The summed E-state index contributed by atoms with van der Waals surface area (Å²) in [5, 5.41) is 0. The molecule has 258 valence electrons. The first kappa shape index (κ1) is 35.9. The molecule has 0 bridgehead atoms. The minimum atomic E-state index is -5.09. The molecule has 2 aliphatic heterocycles. The SMILES string of the molecule is COc1cc(F)c(C(C)C)cc1C1=C(CN2C(=O)O[C@H](c3cc(C(F)(F)F)cc(C(F)(F)F)c3)[C@@H]2C)CN(C(=O)OC(C)(C)C)CC1. The molecule has 0 spiro atoms. The van der Waals surface area contributed by atoms with Gasteiger partial charge in [0, 0.05) is 31.3 Å². The van der Waals surface area contributed by atoms with Gasteiger partial charge in [-0.05, 0) is 86.6 Å². The van der Waals surface area contributed by atoms with E-state index in [1.165, 1.54) is 29.9 Å². The minimum Gasteiger partial charge on any atom is -0.496 e. The van der Waals surface area contributed by atoms with E-state index in [0.29, 0.717) is 34.4 Å². The van der Waals surface area contributed by atoms with Crippen LogP contribution < -0.4 is 4.74 Å². The number of benzene rings is 2. The van der Waals surface area contributed by atoms with Crippen molar-refractivity contribution in [1.82, 2.24) is 9.80 Å². The Bertz CT molecular complexity index is 1530. The van der Waals surface area contributed by atoms with E-state index < -0.39 is 64.8 Å². The number of methoxy groups -OCH3 is 1. The van der Waals surface area contributed by atoms with E-state index in [1.807, 2.05) is 13.8 Å². The lowest BCUT2D eigenvalue weighted by Gasteiger charge is -2.35. The lowest BCUT2D eigenvalue weighted by atomic mass is 9.89. The van der Waals surface area contributed by atoms with Crippen LogP contribution in [0, 0.1) is 5.82 Å². The van der Waals surface area contributed by atoms with Gasteiger partial charge in [-0.25, -0.2) is 14.0 Å². The molecule has 0 radical (unpaired) electrons. The fraction of sp³-hybridized carbons (Fsp3) is 0.515. The van der Waals surface area contributed by atoms with Gasteiger partial charge in [-0.1, -0.05) is 13.8 Å². The van der Waals surface area contributed by atoms with Gasteiger partial charge >= 0.3 is 24.5 Å². The molecule has 0 saturated carbocycles. The van der Waals surface area contributed by atoms with Crippen LogP contribution in [0.1, 0.15) is 87.8 Å². The summed E-state index contributed by atoms with van der Waals surface area (Å²) in [4.78, 5) is 28.9. The minimum absolute atomic E-state index is 0.00851.